The summed E-state index contributed by atoms with van der Waals surface area (Å²) in [6, 6.07) is 13.3. The van der Waals surface area contributed by atoms with E-state index in [1.54, 1.807) is 21.1 Å². The number of para-hydroxylation sites is 1. The number of aromatic nitrogens is 1. The average Bonchev–Trinajstić information content (AvgIpc) is 3.53. The first kappa shape index (κ1) is 43.7. The molecule has 1 aromatic heterocycles. The molecule has 12 heteroatoms. The van der Waals surface area contributed by atoms with Crippen molar-refractivity contribution < 1.29 is 24.0 Å². The number of nitrogens with zero attached hydrogens (tertiary/aromatic N) is 2. The van der Waals surface area contributed by atoms with Gasteiger partial charge in [-0.1, -0.05) is 104 Å². The van der Waals surface area contributed by atoms with Gasteiger partial charge in [0.2, 0.25) is 29.5 Å². The molecule has 0 saturated carbocycles. The van der Waals surface area contributed by atoms with Gasteiger partial charge in [0.15, 0.2) is 0 Å². The molecule has 3 rings (SSSR count). The van der Waals surface area contributed by atoms with E-state index in [1.807, 2.05) is 116 Å². The van der Waals surface area contributed by atoms with Gasteiger partial charge in [-0.2, -0.15) is 0 Å². The van der Waals surface area contributed by atoms with Gasteiger partial charge in [0.05, 0.1) is 6.04 Å². The van der Waals surface area contributed by atoms with E-state index >= 15 is 0 Å². The minimum atomic E-state index is -0.942. The van der Waals surface area contributed by atoms with Crippen LogP contribution in [0.3, 0.4) is 0 Å². The molecule has 12 nitrogen and oxygen atoms in total. The summed E-state index contributed by atoms with van der Waals surface area (Å²) in [7, 11) is 4.84. The predicted molar refractivity (Wildman–Crippen MR) is 214 cm³/mol. The quantitative estimate of drug-likeness (QED) is 0.125. The largest absolute Gasteiger partial charge is 0.361 e. The summed E-state index contributed by atoms with van der Waals surface area (Å²) in [6.07, 6.45) is 2.81. The van der Waals surface area contributed by atoms with E-state index in [2.05, 4.69) is 26.3 Å². The number of carbonyl (C=O) groups excluding carboxylic acids is 5. The van der Waals surface area contributed by atoms with Crippen molar-refractivity contribution in [2.24, 2.45) is 23.7 Å². The molecule has 1 heterocycles. The van der Waals surface area contributed by atoms with Crippen LogP contribution in [0.1, 0.15) is 66.5 Å². The van der Waals surface area contributed by atoms with Gasteiger partial charge in [0.25, 0.3) is 0 Å². The Labute approximate surface area is 321 Å². The molecular formula is C42H63N7O5. The summed E-state index contributed by atoms with van der Waals surface area (Å²) in [4.78, 5) is 75.5. The normalized spacial score (nSPS) is 14.4. The Hall–Kier alpha value is -4.71. The first-order chi connectivity index (χ1) is 25.5. The molecule has 296 valence electrons. The van der Waals surface area contributed by atoms with Crippen molar-refractivity contribution in [2.45, 2.75) is 98.4 Å². The number of hydrogen-bond acceptors (Lipinski definition) is 6. The number of H-pyrrole nitrogens is 1. The third-order valence-corrected chi connectivity index (χ3v) is 10.1. The maximum Gasteiger partial charge on any atom is 0.246 e. The summed E-state index contributed by atoms with van der Waals surface area (Å²) in [5, 5.41) is 13.0. The Morgan fingerprint density at radius 2 is 1.22 bits per heavy atom. The zero-order chi connectivity index (χ0) is 40.3. The maximum atomic E-state index is 14.4. The minimum Gasteiger partial charge on any atom is -0.361 e. The second kappa shape index (κ2) is 20.1. The Bertz CT molecular complexity index is 1700. The van der Waals surface area contributed by atoms with Crippen molar-refractivity contribution >= 4 is 40.4 Å². The van der Waals surface area contributed by atoms with E-state index in [0.717, 1.165) is 22.0 Å². The average molecular weight is 746 g/mol. The molecule has 5 amide bonds. The van der Waals surface area contributed by atoms with Gasteiger partial charge < -0.3 is 36.1 Å². The third-order valence-electron chi connectivity index (χ3n) is 10.1. The molecule has 0 saturated heterocycles. The van der Waals surface area contributed by atoms with Crippen LogP contribution in [0, 0.1) is 23.7 Å². The first-order valence-corrected chi connectivity index (χ1v) is 19.2. The number of carbonyl (C=O) groups is 5. The lowest BCUT2D eigenvalue weighted by Crippen LogP contribution is -2.62. The molecule has 5 N–H and O–H groups in total. The second-order valence-corrected chi connectivity index (χ2v) is 15.7. The number of benzene rings is 2. The number of fused-ring (bicyclic) bond motifs is 1. The molecule has 0 unspecified atom stereocenters. The second-order valence-electron chi connectivity index (χ2n) is 15.7. The van der Waals surface area contributed by atoms with E-state index in [4.69, 9.17) is 0 Å². The van der Waals surface area contributed by atoms with Crippen molar-refractivity contribution in [3.63, 3.8) is 0 Å². The van der Waals surface area contributed by atoms with Crippen molar-refractivity contribution in [2.75, 3.05) is 27.7 Å². The van der Waals surface area contributed by atoms with E-state index in [-0.39, 0.29) is 41.9 Å². The Kier molecular flexibility index (Phi) is 16.3. The number of amides is 5. The van der Waals surface area contributed by atoms with E-state index in [9.17, 15) is 24.0 Å². The van der Waals surface area contributed by atoms with Gasteiger partial charge in [-0.25, -0.2) is 0 Å². The van der Waals surface area contributed by atoms with Crippen LogP contribution in [0.15, 0.2) is 60.8 Å². The number of nitrogens with one attached hydrogen (secondary N) is 5. The predicted octanol–water partition coefficient (Wildman–Crippen LogP) is 3.90. The van der Waals surface area contributed by atoms with Crippen LogP contribution in [0.2, 0.25) is 0 Å². The van der Waals surface area contributed by atoms with Crippen molar-refractivity contribution in [3.8, 4) is 0 Å². The fourth-order valence-electron chi connectivity index (χ4n) is 7.15. The summed E-state index contributed by atoms with van der Waals surface area (Å²) in [6.45, 7) is 15.3. The van der Waals surface area contributed by atoms with Crippen LogP contribution < -0.4 is 21.3 Å². The van der Waals surface area contributed by atoms with E-state index in [0.29, 0.717) is 13.0 Å². The Morgan fingerprint density at radius 1 is 0.648 bits per heavy atom. The molecule has 5 atom stereocenters. The highest BCUT2D eigenvalue weighted by Crippen LogP contribution is 2.21. The van der Waals surface area contributed by atoms with Gasteiger partial charge >= 0.3 is 0 Å². The van der Waals surface area contributed by atoms with Crippen LogP contribution in [-0.4, -0.2) is 102 Å². The van der Waals surface area contributed by atoms with Crippen LogP contribution in [0.4, 0.5) is 0 Å². The number of hydrogen-bond donors (Lipinski definition) is 5. The Morgan fingerprint density at radius 3 is 1.80 bits per heavy atom. The molecule has 0 aliphatic carbocycles. The zero-order valence-electron chi connectivity index (χ0n) is 34.0. The summed E-state index contributed by atoms with van der Waals surface area (Å²) in [5.74, 6) is -2.79. The number of rotatable bonds is 19. The molecule has 2 aromatic carbocycles. The van der Waals surface area contributed by atoms with Crippen LogP contribution >= 0.6 is 0 Å². The molecule has 0 radical (unpaired) electrons. The van der Waals surface area contributed by atoms with Crippen LogP contribution in [-0.2, 0) is 36.8 Å². The van der Waals surface area contributed by atoms with Gasteiger partial charge in [0.1, 0.15) is 24.2 Å². The molecule has 0 aliphatic heterocycles. The summed E-state index contributed by atoms with van der Waals surface area (Å²) < 4.78 is 0. The standard InChI is InChI=1S/C42H63N7O5/c1-25(2)34(43-9)39(51)47-35(26(3)4)41(53)49(11)37(28(7)8)42(54)48(10)36(27(5)6)40(52)46-33(23-29-17-13-12-14-18-29)38(50)44-22-21-30-24-45-32-20-16-15-19-31(30)32/h12-20,24-28,33-37,43,45H,21-23H2,1-11H3,(H,44,50)(H,46,52)(H,47,51)/t33-,34-,35-,36-,37-/m0/s1. The lowest BCUT2D eigenvalue weighted by Gasteiger charge is -2.39. The first-order valence-electron chi connectivity index (χ1n) is 19.2. The highest BCUT2D eigenvalue weighted by molar-refractivity contribution is 5.96. The van der Waals surface area contributed by atoms with Gasteiger partial charge in [0, 0.05) is 44.2 Å². The molecule has 0 fully saturated rings. The van der Waals surface area contributed by atoms with Gasteiger partial charge in [-0.15, -0.1) is 0 Å². The van der Waals surface area contributed by atoms with E-state index in [1.165, 1.54) is 9.80 Å². The van der Waals surface area contributed by atoms with Crippen LogP contribution in [0.5, 0.6) is 0 Å². The highest BCUT2D eigenvalue weighted by Gasteiger charge is 2.41. The summed E-state index contributed by atoms with van der Waals surface area (Å²) in [5.41, 5.74) is 2.98. The van der Waals surface area contributed by atoms with E-state index < -0.39 is 47.9 Å². The van der Waals surface area contributed by atoms with Crippen molar-refractivity contribution in [3.05, 3.63) is 71.9 Å². The van der Waals surface area contributed by atoms with Gasteiger partial charge in [-0.05, 0) is 54.3 Å². The minimum absolute atomic E-state index is 0.00272. The monoisotopic (exact) mass is 745 g/mol. The topological polar surface area (TPSA) is 156 Å². The molecule has 3 aromatic rings. The SMILES string of the molecule is CN[C@H](C(=O)N[C@H](C(=O)N(C)[C@H](C(=O)N(C)[C@H](C(=O)N[C@@H](Cc1ccccc1)C(=O)NCCc1c[nH]c2ccccc12)C(C)C)C(C)C)C(C)C)C(C)C. The van der Waals surface area contributed by atoms with Gasteiger partial charge in [-0.3, -0.25) is 24.0 Å². The molecule has 0 bridgehead atoms. The van der Waals surface area contributed by atoms with Crippen molar-refractivity contribution in [1.29, 1.82) is 0 Å². The number of aromatic amines is 1. The molecule has 0 spiro atoms. The summed E-state index contributed by atoms with van der Waals surface area (Å²) >= 11 is 0. The lowest BCUT2D eigenvalue weighted by molar-refractivity contribution is -0.152. The fourth-order valence-corrected chi connectivity index (χ4v) is 7.15. The molecular weight excluding hydrogens is 683 g/mol. The van der Waals surface area contributed by atoms with Crippen molar-refractivity contribution in [1.82, 2.24) is 36.1 Å². The van der Waals surface area contributed by atoms with Crippen LogP contribution in [0.25, 0.3) is 10.9 Å². The molecule has 0 aliphatic rings. The number of likely N-dealkylation sites (N-methyl/N-ethyl adjacent to an activating group) is 3. The highest BCUT2D eigenvalue weighted by atomic mass is 16.2. The molecule has 54 heavy (non-hydrogen) atoms. The lowest BCUT2D eigenvalue weighted by atomic mass is 9.94. The zero-order valence-corrected chi connectivity index (χ0v) is 34.0. The third kappa shape index (κ3) is 11.2. The maximum absolute atomic E-state index is 14.4. The fraction of sp³-hybridized carbons (Fsp3) is 0.548. The smallest absolute Gasteiger partial charge is 0.246 e. The Balaban J connectivity index is 1.81.